The highest BCUT2D eigenvalue weighted by molar-refractivity contribution is 7.90. The van der Waals surface area contributed by atoms with Crippen LogP contribution in [0, 0.1) is 6.92 Å². The summed E-state index contributed by atoms with van der Waals surface area (Å²) in [7, 11) is 0. The highest BCUT2D eigenvalue weighted by atomic mass is 32.2. The van der Waals surface area contributed by atoms with Gasteiger partial charge in [-0.15, -0.1) is 0 Å². The summed E-state index contributed by atoms with van der Waals surface area (Å²) in [5.74, 6) is 0.335. The van der Waals surface area contributed by atoms with Crippen LogP contribution in [-0.4, -0.2) is 39.8 Å². The minimum Gasteiger partial charge on any atom is -0.611 e. The number of aromatic nitrogens is 2. The van der Waals surface area contributed by atoms with Crippen molar-refractivity contribution < 1.29 is 32.0 Å². The molecule has 0 aliphatic heterocycles. The van der Waals surface area contributed by atoms with Gasteiger partial charge in [0, 0.05) is 24.9 Å². The third-order valence-corrected chi connectivity index (χ3v) is 8.58. The third kappa shape index (κ3) is 9.72. The van der Waals surface area contributed by atoms with Crippen LogP contribution >= 0.6 is 0 Å². The third-order valence-electron chi connectivity index (χ3n) is 7.25. The monoisotopic (exact) mass is 653 g/mol. The van der Waals surface area contributed by atoms with E-state index in [4.69, 9.17) is 9.47 Å². The SMILES string of the molecule is CCCCOCCOc1ccc(-c2ccc(C(F)(F)F)c(/C=C/C(=O)Nc3ccc([S@@+]([O-])Cc4c(C)ncn4CC)cc3)c2)cc1. The molecular weight excluding hydrogens is 615 g/mol. The predicted octanol–water partition coefficient (Wildman–Crippen LogP) is 8.05. The Bertz CT molecular complexity index is 1600. The number of anilines is 1. The molecule has 11 heteroatoms. The van der Waals surface area contributed by atoms with Gasteiger partial charge in [-0.2, -0.15) is 13.2 Å². The molecule has 244 valence electrons. The van der Waals surface area contributed by atoms with Crippen molar-refractivity contribution >= 4 is 28.8 Å². The molecule has 46 heavy (non-hydrogen) atoms. The Balaban J connectivity index is 1.40. The van der Waals surface area contributed by atoms with E-state index >= 15 is 0 Å². The van der Waals surface area contributed by atoms with Crippen molar-refractivity contribution in [3.8, 4) is 16.9 Å². The lowest BCUT2D eigenvalue weighted by atomic mass is 9.98. The summed E-state index contributed by atoms with van der Waals surface area (Å²) >= 11 is -1.32. The lowest BCUT2D eigenvalue weighted by Crippen LogP contribution is -2.11. The number of unbranched alkanes of at least 4 members (excludes halogenated alkanes) is 1. The zero-order valence-electron chi connectivity index (χ0n) is 26.1. The van der Waals surface area contributed by atoms with Gasteiger partial charge in [-0.3, -0.25) is 4.79 Å². The Morgan fingerprint density at radius 3 is 2.39 bits per heavy atom. The molecule has 1 aromatic heterocycles. The van der Waals surface area contributed by atoms with E-state index in [1.165, 1.54) is 12.1 Å². The fourth-order valence-electron chi connectivity index (χ4n) is 4.66. The number of hydrogen-bond donors (Lipinski definition) is 1. The van der Waals surface area contributed by atoms with E-state index in [0.717, 1.165) is 49.0 Å². The van der Waals surface area contributed by atoms with Crippen molar-refractivity contribution in [3.63, 3.8) is 0 Å². The molecule has 3 aromatic carbocycles. The van der Waals surface area contributed by atoms with Gasteiger partial charge in [0.25, 0.3) is 0 Å². The number of carbonyl (C=O) groups excluding carboxylic acids is 1. The summed E-state index contributed by atoms with van der Waals surface area (Å²) in [5.41, 5.74) is 2.41. The molecule has 0 aliphatic rings. The van der Waals surface area contributed by atoms with Crippen molar-refractivity contribution in [3.05, 3.63) is 102 Å². The van der Waals surface area contributed by atoms with Gasteiger partial charge >= 0.3 is 6.18 Å². The van der Waals surface area contributed by atoms with E-state index < -0.39 is 28.8 Å². The number of benzene rings is 3. The number of nitrogens with one attached hydrogen (secondary N) is 1. The summed E-state index contributed by atoms with van der Waals surface area (Å²) in [4.78, 5) is 17.5. The average Bonchev–Trinajstić information content (AvgIpc) is 3.40. The van der Waals surface area contributed by atoms with Gasteiger partial charge in [0.2, 0.25) is 5.91 Å². The minimum atomic E-state index is -4.61. The molecule has 1 amide bonds. The van der Waals surface area contributed by atoms with Crippen molar-refractivity contribution in [2.24, 2.45) is 0 Å². The molecule has 0 saturated carbocycles. The summed E-state index contributed by atoms with van der Waals surface area (Å²) in [5, 5.41) is 2.65. The second-order valence-electron chi connectivity index (χ2n) is 10.5. The highest BCUT2D eigenvalue weighted by Gasteiger charge is 2.32. The molecule has 1 atom stereocenters. The smallest absolute Gasteiger partial charge is 0.416 e. The number of aryl methyl sites for hydroxylation is 2. The molecular formula is C35H38F3N3O4S. The number of rotatable bonds is 15. The normalized spacial score (nSPS) is 12.4. The molecule has 7 nitrogen and oxygen atoms in total. The Morgan fingerprint density at radius 1 is 1.00 bits per heavy atom. The van der Waals surface area contributed by atoms with Gasteiger partial charge in [0.05, 0.1) is 29.9 Å². The van der Waals surface area contributed by atoms with Crippen LogP contribution in [0.5, 0.6) is 5.75 Å². The van der Waals surface area contributed by atoms with E-state index in [2.05, 4.69) is 17.2 Å². The number of halogens is 3. The van der Waals surface area contributed by atoms with Crippen molar-refractivity contribution in [1.82, 2.24) is 9.55 Å². The fourth-order valence-corrected chi connectivity index (χ4v) is 5.89. The fraction of sp³-hybridized carbons (Fsp3) is 0.314. The first-order valence-electron chi connectivity index (χ1n) is 15.1. The van der Waals surface area contributed by atoms with Crippen LogP contribution in [-0.2, 0) is 39.2 Å². The van der Waals surface area contributed by atoms with Gasteiger partial charge in [-0.1, -0.05) is 31.5 Å². The Labute approximate surface area is 270 Å². The van der Waals surface area contributed by atoms with E-state index in [1.807, 2.05) is 18.4 Å². The second-order valence-corrected chi connectivity index (χ2v) is 12.0. The molecule has 0 aliphatic carbocycles. The molecule has 0 spiro atoms. The van der Waals surface area contributed by atoms with E-state index in [0.29, 0.717) is 53.0 Å². The summed E-state index contributed by atoms with van der Waals surface area (Å²) in [6.07, 6.45) is 1.39. The lowest BCUT2D eigenvalue weighted by molar-refractivity contribution is -0.137. The quantitative estimate of drug-likeness (QED) is 0.0797. The Kier molecular flexibility index (Phi) is 12.5. The number of ether oxygens (including phenoxy) is 2. The number of alkyl halides is 3. The predicted molar refractivity (Wildman–Crippen MR) is 175 cm³/mol. The summed E-state index contributed by atoms with van der Waals surface area (Å²) < 4.78 is 67.5. The van der Waals surface area contributed by atoms with Gasteiger partial charge in [0.1, 0.15) is 12.4 Å². The summed E-state index contributed by atoms with van der Waals surface area (Å²) in [6, 6.07) is 17.4. The van der Waals surface area contributed by atoms with Crippen molar-refractivity contribution in [2.75, 3.05) is 25.1 Å². The van der Waals surface area contributed by atoms with Crippen LogP contribution < -0.4 is 10.1 Å². The van der Waals surface area contributed by atoms with Gasteiger partial charge in [0.15, 0.2) is 10.6 Å². The molecule has 0 radical (unpaired) electrons. The Hall–Kier alpha value is -4.06. The molecule has 4 rings (SSSR count). The standard InChI is InChI=1S/C35H38F3N3O4S/c1-4-6-19-44-20-21-45-30-13-7-26(8-14-30)27-9-17-32(35(36,37)38)28(22-27)10-18-34(42)40-29-11-15-31(16-12-29)46(43)23-33-25(3)39-24-41(33)5-2/h7-18,22,24H,4-6,19-21,23H2,1-3H3,(H,40,42)/b18-10+/t46-/m0/s1. The Morgan fingerprint density at radius 2 is 1.72 bits per heavy atom. The number of carbonyl (C=O) groups is 1. The second kappa shape index (κ2) is 16.5. The maximum absolute atomic E-state index is 13.8. The van der Waals surface area contributed by atoms with E-state index in [-0.39, 0.29) is 5.56 Å². The largest absolute Gasteiger partial charge is 0.611 e. The van der Waals surface area contributed by atoms with Crippen LogP contribution in [0.4, 0.5) is 18.9 Å². The molecule has 1 N–H and O–H groups in total. The minimum absolute atomic E-state index is 0.142. The van der Waals surface area contributed by atoms with Gasteiger partial charge in [-0.05, 0) is 103 Å². The van der Waals surface area contributed by atoms with Crippen LogP contribution in [0.2, 0.25) is 0 Å². The van der Waals surface area contributed by atoms with Gasteiger partial charge in [-0.25, -0.2) is 4.98 Å². The van der Waals surface area contributed by atoms with Crippen LogP contribution in [0.15, 0.2) is 84.0 Å². The molecule has 0 fully saturated rings. The first-order chi connectivity index (χ1) is 22.1. The van der Waals surface area contributed by atoms with Crippen molar-refractivity contribution in [1.29, 1.82) is 0 Å². The average molecular weight is 654 g/mol. The first kappa shape index (κ1) is 34.8. The first-order valence-corrected chi connectivity index (χ1v) is 16.4. The zero-order valence-corrected chi connectivity index (χ0v) is 26.9. The topological polar surface area (TPSA) is 88.4 Å². The molecule has 0 saturated heterocycles. The number of nitrogens with zero attached hydrogens (tertiary/aromatic N) is 2. The molecule has 4 aromatic rings. The van der Waals surface area contributed by atoms with Crippen LogP contribution in [0.1, 0.15) is 49.2 Å². The number of amides is 1. The molecule has 1 heterocycles. The van der Waals surface area contributed by atoms with Crippen LogP contribution in [0.3, 0.4) is 0 Å². The van der Waals surface area contributed by atoms with E-state index in [9.17, 15) is 22.5 Å². The van der Waals surface area contributed by atoms with E-state index in [1.54, 1.807) is 54.9 Å². The zero-order chi connectivity index (χ0) is 33.1. The molecule has 0 bridgehead atoms. The van der Waals surface area contributed by atoms with Gasteiger partial charge < -0.3 is 23.9 Å². The summed E-state index contributed by atoms with van der Waals surface area (Å²) in [6.45, 7) is 8.24. The lowest BCUT2D eigenvalue weighted by Gasteiger charge is -2.13. The maximum Gasteiger partial charge on any atom is 0.416 e. The number of hydrogen-bond acceptors (Lipinski definition) is 5. The maximum atomic E-state index is 13.8. The highest BCUT2D eigenvalue weighted by Crippen LogP contribution is 2.35. The van der Waals surface area contributed by atoms with Crippen LogP contribution in [0.25, 0.3) is 17.2 Å². The molecule has 0 unspecified atom stereocenters. The van der Waals surface area contributed by atoms with Crippen molar-refractivity contribution in [2.45, 2.75) is 57.0 Å². The number of imidazole rings is 1.